The number of hydrogen-bond acceptors (Lipinski definition) is 0. The third-order valence-electron chi connectivity index (χ3n) is 6.75. The van der Waals surface area contributed by atoms with E-state index in [-0.39, 0.29) is 0 Å². The van der Waals surface area contributed by atoms with Crippen LogP contribution in [0, 0.1) is 0 Å². The van der Waals surface area contributed by atoms with Gasteiger partial charge in [-0.3, -0.25) is 0 Å². The van der Waals surface area contributed by atoms with E-state index in [2.05, 4.69) is 159 Å². The Kier molecular flexibility index (Phi) is 5.44. The Balaban J connectivity index is 1.47. The van der Waals surface area contributed by atoms with Gasteiger partial charge in [0.2, 0.25) is 0 Å². The molecule has 0 amide bonds. The maximum absolute atomic E-state index is 3.76. The summed E-state index contributed by atoms with van der Waals surface area (Å²) in [4.78, 5) is 7.32. The van der Waals surface area contributed by atoms with Gasteiger partial charge in [-0.1, -0.05) is 81.9 Å². The molecule has 2 N–H and O–H groups in total. The van der Waals surface area contributed by atoms with Crippen LogP contribution in [0.1, 0.15) is 0 Å². The summed E-state index contributed by atoms with van der Waals surface area (Å²) in [6.07, 6.45) is 0. The second kappa shape index (κ2) is 8.59. The molecule has 6 heteroatoms. The van der Waals surface area contributed by atoms with Crippen LogP contribution in [0.5, 0.6) is 0 Å². The van der Waals surface area contributed by atoms with Crippen LogP contribution >= 0.6 is 63.7 Å². The van der Waals surface area contributed by atoms with Gasteiger partial charge in [0.1, 0.15) is 0 Å². The lowest BCUT2D eigenvalue weighted by Gasteiger charge is -2.10. The number of aromatic nitrogens is 2. The predicted octanol–water partition coefficient (Wildman–Crippen LogP) is 11.3. The Bertz CT molecular complexity index is 1860. The molecule has 0 radical (unpaired) electrons. The molecule has 0 saturated heterocycles. The molecule has 36 heavy (non-hydrogen) atoms. The Hall–Kier alpha value is -2.38. The van der Waals surface area contributed by atoms with E-state index < -0.39 is 0 Å². The topological polar surface area (TPSA) is 31.6 Å². The molecule has 0 spiro atoms. The number of halogens is 4. The zero-order valence-corrected chi connectivity index (χ0v) is 24.9. The molecule has 0 aliphatic heterocycles. The molecule has 0 atom stereocenters. The van der Waals surface area contributed by atoms with Gasteiger partial charge in [0.25, 0.3) is 0 Å². The summed E-state index contributed by atoms with van der Waals surface area (Å²) in [6.45, 7) is 0. The Labute approximate surface area is 240 Å². The molecule has 2 heterocycles. The molecule has 0 unspecified atom stereocenters. The maximum atomic E-state index is 3.76. The standard InChI is InChI=1S/C30H16Br4N2/c31-17-4-6-27-23(9-17)25-13-19(33)11-21(29(25)35-27)15-2-1-3-16(8-15)22-12-20(34)14-26-24-10-18(32)5-7-28(24)36-30(22)26/h1-14,35-36H. The zero-order chi connectivity index (χ0) is 24.6. The van der Waals surface area contributed by atoms with Crippen molar-refractivity contribution in [2.75, 3.05) is 0 Å². The summed E-state index contributed by atoms with van der Waals surface area (Å²) in [5.41, 5.74) is 9.19. The molecule has 7 aromatic rings. The van der Waals surface area contributed by atoms with E-state index in [4.69, 9.17) is 0 Å². The largest absolute Gasteiger partial charge is 0.354 e. The molecular formula is C30H16Br4N2. The number of benzene rings is 5. The Morgan fingerprint density at radius 3 is 1.33 bits per heavy atom. The van der Waals surface area contributed by atoms with Crippen molar-refractivity contribution in [1.29, 1.82) is 0 Å². The molecule has 0 saturated carbocycles. The SMILES string of the molecule is Brc1ccc2[nH]c3c(-c4cccc(-c5cc(Br)cc6c5[nH]c5ccc(Br)cc56)c4)cc(Br)cc3c2c1. The fraction of sp³-hybridized carbons (Fsp3) is 0. The fourth-order valence-electron chi connectivity index (χ4n) is 5.18. The van der Waals surface area contributed by atoms with Gasteiger partial charge in [0.05, 0.1) is 11.0 Å². The number of rotatable bonds is 2. The van der Waals surface area contributed by atoms with Crippen molar-refractivity contribution in [2.45, 2.75) is 0 Å². The molecule has 0 aliphatic rings. The van der Waals surface area contributed by atoms with Crippen LogP contribution < -0.4 is 0 Å². The van der Waals surface area contributed by atoms with Crippen LogP contribution in [-0.4, -0.2) is 9.97 Å². The number of fused-ring (bicyclic) bond motifs is 6. The molecular weight excluding hydrogens is 708 g/mol. The van der Waals surface area contributed by atoms with E-state index in [0.29, 0.717) is 0 Å². The van der Waals surface area contributed by atoms with Crippen molar-refractivity contribution < 1.29 is 0 Å². The lowest BCUT2D eigenvalue weighted by Crippen LogP contribution is -1.86. The first-order chi connectivity index (χ1) is 17.4. The summed E-state index contributed by atoms with van der Waals surface area (Å²) in [5, 5.41) is 4.81. The average molecular weight is 724 g/mol. The van der Waals surface area contributed by atoms with Gasteiger partial charge < -0.3 is 9.97 Å². The number of aromatic amines is 2. The third-order valence-corrected chi connectivity index (χ3v) is 8.66. The lowest BCUT2D eigenvalue weighted by atomic mass is 9.96. The summed E-state index contributed by atoms with van der Waals surface area (Å²) in [7, 11) is 0. The Morgan fingerprint density at radius 1 is 0.417 bits per heavy atom. The second-order valence-corrected chi connectivity index (χ2v) is 12.6. The van der Waals surface area contributed by atoms with Crippen molar-refractivity contribution >= 4 is 107 Å². The first kappa shape index (κ1) is 22.8. The van der Waals surface area contributed by atoms with E-state index in [9.17, 15) is 0 Å². The van der Waals surface area contributed by atoms with Crippen molar-refractivity contribution in [3.05, 3.63) is 103 Å². The van der Waals surface area contributed by atoms with Gasteiger partial charge in [0.15, 0.2) is 0 Å². The van der Waals surface area contributed by atoms with Crippen molar-refractivity contribution in [1.82, 2.24) is 9.97 Å². The zero-order valence-electron chi connectivity index (χ0n) is 18.6. The van der Waals surface area contributed by atoms with Crippen LogP contribution in [0.4, 0.5) is 0 Å². The monoisotopic (exact) mass is 720 g/mol. The smallest absolute Gasteiger partial charge is 0.0545 e. The van der Waals surface area contributed by atoms with E-state index in [1.807, 2.05) is 0 Å². The molecule has 0 aliphatic carbocycles. The van der Waals surface area contributed by atoms with Crippen LogP contribution in [0.15, 0.2) is 103 Å². The summed E-state index contributed by atoms with van der Waals surface area (Å²) < 4.78 is 4.26. The molecule has 2 aromatic heterocycles. The maximum Gasteiger partial charge on any atom is 0.0545 e. The van der Waals surface area contributed by atoms with Gasteiger partial charge in [-0.05, 0) is 77.9 Å². The minimum atomic E-state index is 1.06. The van der Waals surface area contributed by atoms with Gasteiger partial charge in [-0.25, -0.2) is 0 Å². The van der Waals surface area contributed by atoms with Crippen LogP contribution in [0.25, 0.3) is 65.9 Å². The lowest BCUT2D eigenvalue weighted by molar-refractivity contribution is 1.51. The molecule has 0 fully saturated rings. The van der Waals surface area contributed by atoms with E-state index in [1.54, 1.807) is 0 Å². The van der Waals surface area contributed by atoms with E-state index in [1.165, 1.54) is 32.7 Å². The van der Waals surface area contributed by atoms with Crippen LogP contribution in [0.2, 0.25) is 0 Å². The van der Waals surface area contributed by atoms with E-state index in [0.717, 1.165) is 51.1 Å². The van der Waals surface area contributed by atoms with E-state index >= 15 is 0 Å². The fourth-order valence-corrected chi connectivity index (χ4v) is 6.82. The summed E-state index contributed by atoms with van der Waals surface area (Å²) in [5.74, 6) is 0. The number of H-pyrrole nitrogens is 2. The minimum absolute atomic E-state index is 1.06. The first-order valence-electron chi connectivity index (χ1n) is 11.4. The highest BCUT2D eigenvalue weighted by molar-refractivity contribution is 9.11. The highest BCUT2D eigenvalue weighted by Gasteiger charge is 2.15. The number of hydrogen-bond donors (Lipinski definition) is 2. The van der Waals surface area contributed by atoms with Gasteiger partial charge in [-0.15, -0.1) is 0 Å². The quantitative estimate of drug-likeness (QED) is 0.178. The van der Waals surface area contributed by atoms with Crippen molar-refractivity contribution in [3.63, 3.8) is 0 Å². The molecule has 7 rings (SSSR count). The normalized spacial score (nSPS) is 11.9. The number of nitrogens with one attached hydrogen (secondary N) is 2. The van der Waals surface area contributed by atoms with Crippen molar-refractivity contribution in [2.24, 2.45) is 0 Å². The van der Waals surface area contributed by atoms with Crippen molar-refractivity contribution in [3.8, 4) is 22.3 Å². The molecule has 2 nitrogen and oxygen atoms in total. The average Bonchev–Trinajstić information content (AvgIpc) is 3.41. The molecule has 0 bridgehead atoms. The highest BCUT2D eigenvalue weighted by Crippen LogP contribution is 2.40. The molecule has 174 valence electrons. The third kappa shape index (κ3) is 3.69. The summed E-state index contributed by atoms with van der Waals surface area (Å²) in [6, 6.07) is 30.3. The first-order valence-corrected chi connectivity index (χ1v) is 14.5. The highest BCUT2D eigenvalue weighted by atomic mass is 79.9. The second-order valence-electron chi connectivity index (χ2n) is 8.96. The minimum Gasteiger partial charge on any atom is -0.354 e. The van der Waals surface area contributed by atoms with Gasteiger partial charge >= 0.3 is 0 Å². The molecule has 5 aromatic carbocycles. The van der Waals surface area contributed by atoms with Crippen LogP contribution in [-0.2, 0) is 0 Å². The van der Waals surface area contributed by atoms with Crippen LogP contribution in [0.3, 0.4) is 0 Å². The van der Waals surface area contributed by atoms with Gasteiger partial charge in [0, 0.05) is 61.6 Å². The summed E-state index contributed by atoms with van der Waals surface area (Å²) >= 11 is 14.8. The van der Waals surface area contributed by atoms with Gasteiger partial charge in [-0.2, -0.15) is 0 Å². The Morgan fingerprint density at radius 2 is 0.861 bits per heavy atom. The predicted molar refractivity (Wildman–Crippen MR) is 167 cm³/mol.